The van der Waals surface area contributed by atoms with Crippen molar-refractivity contribution in [2.45, 2.75) is 19.8 Å². The van der Waals surface area contributed by atoms with Gasteiger partial charge in [0.25, 0.3) is 0 Å². The van der Waals surface area contributed by atoms with Crippen molar-refractivity contribution in [3.63, 3.8) is 0 Å². The molecule has 0 aromatic rings. The molecule has 0 heterocycles. The van der Waals surface area contributed by atoms with E-state index in [4.69, 9.17) is 0 Å². The summed E-state index contributed by atoms with van der Waals surface area (Å²) in [7, 11) is 0. The number of fused-ring (bicyclic) bond motifs is 2. The van der Waals surface area contributed by atoms with Crippen LogP contribution in [0.4, 0.5) is 0 Å². The molecule has 0 aliphatic heterocycles. The molecule has 0 amide bonds. The third-order valence-electron chi connectivity index (χ3n) is 2.77. The Hall–Kier alpha value is -0.520. The minimum absolute atomic E-state index is 0.875. The van der Waals surface area contributed by atoms with E-state index in [1.54, 1.807) is 0 Å². The van der Waals surface area contributed by atoms with E-state index in [0.29, 0.717) is 0 Å². The molecule has 1 unspecified atom stereocenters. The summed E-state index contributed by atoms with van der Waals surface area (Å²) in [5, 5.41) is 0. The van der Waals surface area contributed by atoms with Crippen LogP contribution in [0.2, 0.25) is 0 Å². The summed E-state index contributed by atoms with van der Waals surface area (Å²) in [6.45, 7) is 2.12. The Kier molecular flexibility index (Phi) is 1.40. The molecule has 0 aromatic heterocycles. The standard InChI is InChI=1S/C10H14/c1-2-3-9-6-8-4-5-10(9)7-8/h2-5,8-10H,6-7H2,1H3/t8-,9?,10+/m1/s1. The molecule has 0 N–H and O–H groups in total. The molecule has 0 heteroatoms. The highest BCUT2D eigenvalue weighted by Gasteiger charge is 2.33. The quantitative estimate of drug-likeness (QED) is 0.484. The number of rotatable bonds is 1. The molecule has 2 aliphatic carbocycles. The predicted octanol–water partition coefficient (Wildman–Crippen LogP) is 2.77. The fraction of sp³-hybridized carbons (Fsp3) is 0.600. The van der Waals surface area contributed by atoms with Gasteiger partial charge in [0.2, 0.25) is 0 Å². The lowest BCUT2D eigenvalue weighted by atomic mass is 9.93. The molecule has 2 aliphatic rings. The highest BCUT2D eigenvalue weighted by Crippen LogP contribution is 2.43. The van der Waals surface area contributed by atoms with Gasteiger partial charge in [-0.15, -0.1) is 0 Å². The fourth-order valence-corrected chi connectivity index (χ4v) is 2.29. The number of hydrogen-bond donors (Lipinski definition) is 0. The smallest absolute Gasteiger partial charge is 0.0165 e. The summed E-state index contributed by atoms with van der Waals surface area (Å²) >= 11 is 0. The molecular formula is C10H14. The Morgan fingerprint density at radius 3 is 2.70 bits per heavy atom. The molecule has 54 valence electrons. The van der Waals surface area contributed by atoms with Gasteiger partial charge in [-0.1, -0.05) is 24.3 Å². The molecule has 3 atom stereocenters. The van der Waals surface area contributed by atoms with Crippen molar-refractivity contribution in [3.05, 3.63) is 24.3 Å². The maximum Gasteiger partial charge on any atom is -0.0165 e. The predicted molar refractivity (Wildman–Crippen MR) is 43.7 cm³/mol. The summed E-state index contributed by atoms with van der Waals surface area (Å²) in [6.07, 6.45) is 12.2. The van der Waals surface area contributed by atoms with E-state index in [-0.39, 0.29) is 0 Å². The zero-order valence-electron chi connectivity index (χ0n) is 6.46. The van der Waals surface area contributed by atoms with Gasteiger partial charge in [-0.3, -0.25) is 0 Å². The van der Waals surface area contributed by atoms with Crippen molar-refractivity contribution in [2.75, 3.05) is 0 Å². The number of allylic oxidation sites excluding steroid dienone is 4. The van der Waals surface area contributed by atoms with E-state index in [1.165, 1.54) is 12.8 Å². The highest BCUT2D eigenvalue weighted by atomic mass is 14.4. The Bertz CT molecular complexity index is 176. The average Bonchev–Trinajstić information content (AvgIpc) is 2.48. The van der Waals surface area contributed by atoms with Crippen molar-refractivity contribution < 1.29 is 0 Å². The van der Waals surface area contributed by atoms with Crippen molar-refractivity contribution >= 4 is 0 Å². The van der Waals surface area contributed by atoms with Crippen molar-refractivity contribution in [2.24, 2.45) is 17.8 Å². The normalized spacial score (nSPS) is 43.9. The molecule has 2 bridgehead atoms. The van der Waals surface area contributed by atoms with Gasteiger partial charge in [0, 0.05) is 0 Å². The molecule has 10 heavy (non-hydrogen) atoms. The van der Waals surface area contributed by atoms with E-state index < -0.39 is 0 Å². The Morgan fingerprint density at radius 1 is 1.30 bits per heavy atom. The van der Waals surface area contributed by atoms with Crippen LogP contribution in [0, 0.1) is 17.8 Å². The van der Waals surface area contributed by atoms with Crippen LogP contribution in [0.25, 0.3) is 0 Å². The maximum atomic E-state index is 2.40. The van der Waals surface area contributed by atoms with Gasteiger partial charge in [-0.2, -0.15) is 0 Å². The summed E-state index contributed by atoms with van der Waals surface area (Å²) in [4.78, 5) is 0. The number of hydrogen-bond acceptors (Lipinski definition) is 0. The van der Waals surface area contributed by atoms with Crippen molar-refractivity contribution in [1.82, 2.24) is 0 Å². The second-order valence-corrected chi connectivity index (χ2v) is 3.47. The topological polar surface area (TPSA) is 0 Å². The van der Waals surface area contributed by atoms with Crippen LogP contribution in [0.5, 0.6) is 0 Å². The van der Waals surface area contributed by atoms with E-state index in [9.17, 15) is 0 Å². The van der Waals surface area contributed by atoms with Gasteiger partial charge in [-0.25, -0.2) is 0 Å². The molecular weight excluding hydrogens is 120 g/mol. The molecule has 1 fully saturated rings. The van der Waals surface area contributed by atoms with Crippen LogP contribution >= 0.6 is 0 Å². The summed E-state index contributed by atoms with van der Waals surface area (Å²) in [6, 6.07) is 0. The Balaban J connectivity index is 2.09. The van der Waals surface area contributed by atoms with Crippen molar-refractivity contribution in [1.29, 1.82) is 0 Å². The first-order chi connectivity index (χ1) is 4.90. The molecule has 0 saturated heterocycles. The zero-order valence-corrected chi connectivity index (χ0v) is 6.46. The van der Waals surface area contributed by atoms with Gasteiger partial charge < -0.3 is 0 Å². The largest absolute Gasteiger partial charge is 0.0914 e. The molecule has 0 spiro atoms. The van der Waals surface area contributed by atoms with Gasteiger partial charge >= 0.3 is 0 Å². The SMILES string of the molecule is CC=CC1C[C@H]2C=C[C@H]1C2. The van der Waals surface area contributed by atoms with Crippen LogP contribution < -0.4 is 0 Å². The van der Waals surface area contributed by atoms with E-state index >= 15 is 0 Å². The second-order valence-electron chi connectivity index (χ2n) is 3.47. The first-order valence-electron chi connectivity index (χ1n) is 4.21. The Labute approximate surface area is 62.6 Å². The molecule has 0 nitrogen and oxygen atoms in total. The highest BCUT2D eigenvalue weighted by molar-refractivity contribution is 5.13. The minimum atomic E-state index is 0.875. The van der Waals surface area contributed by atoms with Crippen molar-refractivity contribution in [3.8, 4) is 0 Å². The molecule has 1 saturated carbocycles. The third-order valence-corrected chi connectivity index (χ3v) is 2.77. The van der Waals surface area contributed by atoms with Gasteiger partial charge in [0.1, 0.15) is 0 Å². The van der Waals surface area contributed by atoms with Gasteiger partial charge in [-0.05, 0) is 37.5 Å². The Morgan fingerprint density at radius 2 is 2.20 bits per heavy atom. The fourth-order valence-electron chi connectivity index (χ4n) is 2.29. The zero-order chi connectivity index (χ0) is 6.97. The van der Waals surface area contributed by atoms with Crippen LogP contribution in [0.15, 0.2) is 24.3 Å². The summed E-state index contributed by atoms with van der Waals surface area (Å²) in [5.41, 5.74) is 0. The minimum Gasteiger partial charge on any atom is -0.0914 e. The molecule has 2 rings (SSSR count). The third kappa shape index (κ3) is 0.828. The molecule has 0 radical (unpaired) electrons. The lowest BCUT2D eigenvalue weighted by Crippen LogP contribution is -2.02. The summed E-state index contributed by atoms with van der Waals surface area (Å²) < 4.78 is 0. The first-order valence-corrected chi connectivity index (χ1v) is 4.21. The van der Waals surface area contributed by atoms with Gasteiger partial charge in [0.05, 0.1) is 0 Å². The van der Waals surface area contributed by atoms with Gasteiger partial charge in [0.15, 0.2) is 0 Å². The average molecular weight is 134 g/mol. The van der Waals surface area contributed by atoms with E-state index in [0.717, 1.165) is 17.8 Å². The lowest BCUT2D eigenvalue weighted by Gasteiger charge is -2.12. The second kappa shape index (κ2) is 2.26. The van der Waals surface area contributed by atoms with Crippen LogP contribution in [-0.4, -0.2) is 0 Å². The monoisotopic (exact) mass is 134 g/mol. The summed E-state index contributed by atoms with van der Waals surface area (Å²) in [5.74, 6) is 2.69. The van der Waals surface area contributed by atoms with Crippen LogP contribution in [0.1, 0.15) is 19.8 Å². The van der Waals surface area contributed by atoms with Crippen LogP contribution in [-0.2, 0) is 0 Å². The van der Waals surface area contributed by atoms with E-state index in [2.05, 4.69) is 31.2 Å². The molecule has 0 aromatic carbocycles. The maximum absolute atomic E-state index is 2.40. The lowest BCUT2D eigenvalue weighted by molar-refractivity contribution is 0.549. The van der Waals surface area contributed by atoms with Crippen LogP contribution in [0.3, 0.4) is 0 Å². The first kappa shape index (κ1) is 6.21. The van der Waals surface area contributed by atoms with E-state index in [1.807, 2.05) is 0 Å².